The largest absolute Gasteiger partial charge is 0.397 e. The van der Waals surface area contributed by atoms with E-state index >= 15 is 0 Å². The molecule has 18 heteroatoms. The van der Waals surface area contributed by atoms with E-state index in [9.17, 15) is 43.9 Å². The number of ether oxygens (including phenoxy) is 5. The Morgan fingerprint density at radius 3 is 2.09 bits per heavy atom. The lowest BCUT2D eigenvalue weighted by molar-refractivity contribution is -0.346. The maximum absolute atomic E-state index is 12.3. The Morgan fingerprint density at radius 1 is 0.867 bits per heavy atom. The molecule has 0 saturated carbocycles. The monoisotopic (exact) mass is 677 g/mol. The molecule has 0 bridgehead atoms. The van der Waals surface area contributed by atoms with Gasteiger partial charge < -0.3 is 59.6 Å². The molecule has 0 aromatic carbocycles. The smallest absolute Gasteiger partial charge is 0.396 e. The highest BCUT2D eigenvalue weighted by Crippen LogP contribution is 2.32. The van der Waals surface area contributed by atoms with Gasteiger partial charge in [-0.05, 0) is 13.3 Å². The molecule has 2 aliphatic rings. The zero-order chi connectivity index (χ0) is 33.8. The fourth-order valence-corrected chi connectivity index (χ4v) is 5.45. The number of hydrogen-bond donors (Lipinski definition) is 8. The molecule has 2 saturated heterocycles. The molecule has 2 rings (SSSR count). The van der Waals surface area contributed by atoms with Gasteiger partial charge in [-0.15, -0.1) is 0 Å². The first-order valence-electron chi connectivity index (χ1n) is 15.2. The van der Waals surface area contributed by atoms with E-state index in [1.807, 2.05) is 0 Å². The van der Waals surface area contributed by atoms with Crippen LogP contribution < -0.4 is 5.32 Å². The quantitative estimate of drug-likeness (QED) is 0.0510. The number of aliphatic hydroxyl groups is 6. The Labute approximate surface area is 263 Å². The van der Waals surface area contributed by atoms with Gasteiger partial charge in [0.15, 0.2) is 12.6 Å². The third kappa shape index (κ3) is 12.1. The first-order valence-corrected chi connectivity index (χ1v) is 16.5. The van der Waals surface area contributed by atoms with Crippen LogP contribution in [0.15, 0.2) is 0 Å². The van der Waals surface area contributed by atoms with Crippen LogP contribution in [-0.4, -0.2) is 151 Å². The van der Waals surface area contributed by atoms with Crippen molar-refractivity contribution >= 4 is 16.3 Å². The molecule has 266 valence electrons. The van der Waals surface area contributed by atoms with Gasteiger partial charge in [0.2, 0.25) is 5.91 Å². The van der Waals surface area contributed by atoms with Crippen molar-refractivity contribution in [1.82, 2.24) is 5.32 Å². The number of carbonyl (C=O) groups excluding carboxylic acids is 1. The Balaban J connectivity index is 2.39. The van der Waals surface area contributed by atoms with Gasteiger partial charge in [-0.2, -0.15) is 8.42 Å². The molecular weight excluding hydrogens is 626 g/mol. The van der Waals surface area contributed by atoms with Crippen molar-refractivity contribution in [3.05, 3.63) is 0 Å². The fraction of sp³-hybridized carbons (Fsp3) is 0.963. The Kier molecular flexibility index (Phi) is 17.0. The highest BCUT2D eigenvalue weighted by atomic mass is 32.3. The second-order valence-corrected chi connectivity index (χ2v) is 12.7. The van der Waals surface area contributed by atoms with Crippen LogP contribution in [0, 0.1) is 5.41 Å². The predicted molar refractivity (Wildman–Crippen MR) is 154 cm³/mol. The van der Waals surface area contributed by atoms with E-state index in [-0.39, 0.29) is 6.61 Å². The maximum Gasteiger partial charge on any atom is 0.397 e. The lowest BCUT2D eigenvalue weighted by atomic mass is 9.91. The average Bonchev–Trinajstić information content (AvgIpc) is 2.99. The molecule has 2 heterocycles. The van der Waals surface area contributed by atoms with Gasteiger partial charge in [0.05, 0.1) is 44.6 Å². The van der Waals surface area contributed by atoms with E-state index in [1.54, 1.807) is 0 Å². The summed E-state index contributed by atoms with van der Waals surface area (Å²) in [4.78, 5) is 12.3. The Bertz CT molecular complexity index is 968. The van der Waals surface area contributed by atoms with Crippen molar-refractivity contribution < 1.29 is 76.3 Å². The van der Waals surface area contributed by atoms with Crippen LogP contribution >= 0.6 is 0 Å². The van der Waals surface area contributed by atoms with Crippen molar-refractivity contribution in [2.24, 2.45) is 5.41 Å². The molecular formula is C27H51NO16S. The number of amides is 1. The number of carbonyl (C=O) groups is 1. The van der Waals surface area contributed by atoms with E-state index in [1.165, 1.54) is 13.8 Å². The minimum Gasteiger partial charge on any atom is -0.396 e. The number of unbranched alkanes of at least 4 members (excludes halogenated alkanes) is 5. The minimum atomic E-state index is -4.95. The standard InChI is InChI=1S/C27H51NO16S/c1-4-5-6-7-8-9-10-39-25-19(28-17(3)32)24(44-26-22(35)21(34)20(33)16(2)42-26)23(18(11-29)43-25)40-14-27(12-30,13-31)15-41-45(36,37)38/h16,18-26,29-31,33-35H,4-15H2,1-3H3,(H,28,32)(H,36,37,38)/t16-,18+,19+,20+,21+,22-,23+,24+,25-,26-/m0/s1. The van der Waals surface area contributed by atoms with Crippen LogP contribution in [0.3, 0.4) is 0 Å². The number of hydrogen-bond acceptors (Lipinski definition) is 15. The SMILES string of the molecule is CCCCCCCCO[C@H]1O[C@H](CO)[C@@H](OCC(CO)(CO)COS(=O)(=O)O)[C@H](O[C@@H]2O[C@@H](C)[C@@H](O)[C@@H](O)[C@@H]2O)[C@H]1NC(C)=O. The second kappa shape index (κ2) is 19.0. The van der Waals surface area contributed by atoms with Gasteiger partial charge in [0.1, 0.15) is 42.7 Å². The molecule has 45 heavy (non-hydrogen) atoms. The van der Waals surface area contributed by atoms with Crippen LogP contribution in [0.4, 0.5) is 0 Å². The molecule has 0 spiro atoms. The van der Waals surface area contributed by atoms with Crippen LogP contribution in [0.1, 0.15) is 59.3 Å². The van der Waals surface area contributed by atoms with Gasteiger partial charge >= 0.3 is 10.4 Å². The molecule has 2 aliphatic heterocycles. The molecule has 0 aromatic rings. The Morgan fingerprint density at radius 2 is 1.51 bits per heavy atom. The topological polar surface area (TPSA) is 260 Å². The molecule has 8 N–H and O–H groups in total. The van der Waals surface area contributed by atoms with Gasteiger partial charge in [0.25, 0.3) is 0 Å². The van der Waals surface area contributed by atoms with Crippen molar-refractivity contribution in [2.45, 2.75) is 121 Å². The lowest BCUT2D eigenvalue weighted by Gasteiger charge is -2.49. The lowest BCUT2D eigenvalue weighted by Crippen LogP contribution is -2.68. The average molecular weight is 678 g/mol. The summed E-state index contributed by atoms with van der Waals surface area (Å²) in [5, 5.41) is 64.1. The summed E-state index contributed by atoms with van der Waals surface area (Å²) in [5.74, 6) is -0.540. The van der Waals surface area contributed by atoms with E-state index in [4.69, 9.17) is 28.2 Å². The third-order valence-corrected chi connectivity index (χ3v) is 8.26. The summed E-state index contributed by atoms with van der Waals surface area (Å²) in [7, 11) is -4.95. The van der Waals surface area contributed by atoms with Crippen molar-refractivity contribution in [3.63, 3.8) is 0 Å². The van der Waals surface area contributed by atoms with E-state index in [2.05, 4.69) is 16.4 Å². The Hall–Kier alpha value is -1.10. The molecule has 0 aromatic heterocycles. The molecule has 0 aliphatic carbocycles. The van der Waals surface area contributed by atoms with E-state index in [0.29, 0.717) is 6.42 Å². The summed E-state index contributed by atoms with van der Waals surface area (Å²) in [6, 6.07) is -1.17. The van der Waals surface area contributed by atoms with Crippen molar-refractivity contribution in [2.75, 3.05) is 39.6 Å². The highest BCUT2D eigenvalue weighted by Gasteiger charge is 2.52. The highest BCUT2D eigenvalue weighted by molar-refractivity contribution is 7.80. The third-order valence-electron chi connectivity index (χ3n) is 7.84. The number of aliphatic hydroxyl groups excluding tert-OH is 6. The normalized spacial score (nSPS) is 32.8. The fourth-order valence-electron chi connectivity index (χ4n) is 5.05. The predicted octanol–water partition coefficient (Wildman–Crippen LogP) is -2.03. The van der Waals surface area contributed by atoms with Gasteiger partial charge in [-0.3, -0.25) is 9.35 Å². The van der Waals surface area contributed by atoms with Crippen LogP contribution in [0.5, 0.6) is 0 Å². The second-order valence-electron chi connectivity index (χ2n) is 11.7. The molecule has 2 fully saturated rings. The molecule has 0 radical (unpaired) electrons. The zero-order valence-electron chi connectivity index (χ0n) is 26.0. The zero-order valence-corrected chi connectivity index (χ0v) is 26.8. The summed E-state index contributed by atoms with van der Waals surface area (Å²) < 4.78 is 65.4. The van der Waals surface area contributed by atoms with Crippen molar-refractivity contribution in [1.29, 1.82) is 0 Å². The summed E-state index contributed by atoms with van der Waals surface area (Å²) in [6.07, 6.45) is -6.77. The minimum absolute atomic E-state index is 0.221. The van der Waals surface area contributed by atoms with E-state index in [0.717, 1.165) is 32.1 Å². The molecule has 1 amide bonds. The molecule has 0 unspecified atom stereocenters. The van der Waals surface area contributed by atoms with Crippen LogP contribution in [0.25, 0.3) is 0 Å². The number of rotatable bonds is 20. The first kappa shape index (κ1) is 40.1. The van der Waals surface area contributed by atoms with Gasteiger partial charge in [-0.25, -0.2) is 4.18 Å². The van der Waals surface area contributed by atoms with Crippen molar-refractivity contribution in [3.8, 4) is 0 Å². The molecule has 10 atom stereocenters. The van der Waals surface area contributed by atoms with Gasteiger partial charge in [-0.1, -0.05) is 39.0 Å². The van der Waals surface area contributed by atoms with E-state index < -0.39 is 116 Å². The van der Waals surface area contributed by atoms with Gasteiger partial charge in [0, 0.05) is 13.5 Å². The summed E-state index contributed by atoms with van der Waals surface area (Å²) in [6.45, 7) is 1.04. The maximum atomic E-state index is 12.3. The molecule has 17 nitrogen and oxygen atoms in total. The summed E-state index contributed by atoms with van der Waals surface area (Å²) in [5.41, 5.74) is -1.79. The van der Waals surface area contributed by atoms with Crippen LogP contribution in [0.2, 0.25) is 0 Å². The number of nitrogens with one attached hydrogen (secondary N) is 1. The first-order chi connectivity index (χ1) is 21.2. The summed E-state index contributed by atoms with van der Waals surface area (Å²) >= 11 is 0. The van der Waals surface area contributed by atoms with Crippen LogP contribution in [-0.2, 0) is 43.1 Å².